The van der Waals surface area contributed by atoms with Gasteiger partial charge < -0.3 is 10.1 Å². The predicted octanol–water partition coefficient (Wildman–Crippen LogP) is 4.94. The van der Waals surface area contributed by atoms with E-state index in [1.165, 1.54) is 12.1 Å². The maximum absolute atomic E-state index is 13.1. The number of thioether (sulfide) groups is 1. The molecule has 0 bridgehead atoms. The molecule has 1 amide bonds. The van der Waals surface area contributed by atoms with Crippen LogP contribution in [-0.4, -0.2) is 21.0 Å². The minimum atomic E-state index is -0.344. The van der Waals surface area contributed by atoms with Crippen molar-refractivity contribution < 1.29 is 13.9 Å². The predicted molar refractivity (Wildman–Crippen MR) is 106 cm³/mol. The molecule has 1 aromatic heterocycles. The molecule has 1 fully saturated rings. The fourth-order valence-corrected chi connectivity index (χ4v) is 3.16. The monoisotopic (exact) mass is 392 g/mol. The lowest BCUT2D eigenvalue weighted by molar-refractivity contribution is 0.265. The van der Waals surface area contributed by atoms with Crippen molar-refractivity contribution in [2.75, 3.05) is 0 Å². The first kappa shape index (κ1) is 17.9. The van der Waals surface area contributed by atoms with Gasteiger partial charge in [-0.25, -0.2) is 19.4 Å². The van der Waals surface area contributed by atoms with Crippen LogP contribution in [0.2, 0.25) is 0 Å². The summed E-state index contributed by atoms with van der Waals surface area (Å²) in [5.41, 5.74) is 1.36. The van der Waals surface area contributed by atoms with Gasteiger partial charge >= 0.3 is 6.01 Å². The zero-order valence-corrected chi connectivity index (χ0v) is 15.2. The third-order valence-electron chi connectivity index (χ3n) is 3.63. The lowest BCUT2D eigenvalue weighted by Gasteiger charge is -2.04. The summed E-state index contributed by atoms with van der Waals surface area (Å²) in [5, 5.41) is 2.48. The van der Waals surface area contributed by atoms with Gasteiger partial charge in [0.05, 0.1) is 10.6 Å². The van der Waals surface area contributed by atoms with Crippen molar-refractivity contribution >= 4 is 34.6 Å². The number of aliphatic imine (C=N–C) groups is 1. The maximum atomic E-state index is 13.1. The largest absolute Gasteiger partial charge is 0.424 e. The van der Waals surface area contributed by atoms with Gasteiger partial charge in [-0.05, 0) is 65.9 Å². The first-order chi connectivity index (χ1) is 13.7. The molecule has 1 saturated heterocycles. The second-order valence-corrected chi connectivity index (χ2v) is 6.68. The molecular formula is C20H13FN4O2S. The lowest BCUT2D eigenvalue weighted by Crippen LogP contribution is -2.18. The number of aromatic nitrogens is 2. The Kier molecular flexibility index (Phi) is 5.11. The lowest BCUT2D eigenvalue weighted by atomic mass is 10.2. The van der Waals surface area contributed by atoms with Gasteiger partial charge in [0, 0.05) is 12.4 Å². The van der Waals surface area contributed by atoms with E-state index >= 15 is 0 Å². The standard InChI is InChI=1S/C20H13FN4O2S/c21-14-5-7-15(8-6-14)24-18-17(28-20(26)25-18)12-13-3-1-4-16(11-13)27-19-22-9-2-10-23-19/h1-12H,(H,24,25,26). The summed E-state index contributed by atoms with van der Waals surface area (Å²) in [6.45, 7) is 0. The third-order valence-corrected chi connectivity index (χ3v) is 4.45. The molecule has 1 N–H and O–H groups in total. The van der Waals surface area contributed by atoms with Gasteiger partial charge in [-0.15, -0.1) is 0 Å². The van der Waals surface area contributed by atoms with Crippen molar-refractivity contribution in [2.24, 2.45) is 4.99 Å². The molecule has 0 unspecified atom stereocenters. The van der Waals surface area contributed by atoms with Crippen LogP contribution in [0.3, 0.4) is 0 Å². The summed E-state index contributed by atoms with van der Waals surface area (Å²) in [5.74, 6) is 0.642. The summed E-state index contributed by atoms with van der Waals surface area (Å²) in [7, 11) is 0. The minimum absolute atomic E-state index is 0.225. The molecular weight excluding hydrogens is 379 g/mol. The zero-order chi connectivity index (χ0) is 19.3. The van der Waals surface area contributed by atoms with Crippen molar-refractivity contribution in [3.8, 4) is 11.8 Å². The van der Waals surface area contributed by atoms with E-state index in [-0.39, 0.29) is 17.1 Å². The average Bonchev–Trinajstić information content (AvgIpc) is 3.03. The Balaban J connectivity index is 1.60. The van der Waals surface area contributed by atoms with Gasteiger partial charge in [0.15, 0.2) is 0 Å². The first-order valence-electron chi connectivity index (χ1n) is 8.26. The Labute approximate surface area is 164 Å². The maximum Gasteiger partial charge on any atom is 0.321 e. The van der Waals surface area contributed by atoms with Gasteiger partial charge in [0.2, 0.25) is 0 Å². The molecule has 6 nitrogen and oxygen atoms in total. The molecule has 0 aliphatic carbocycles. The van der Waals surface area contributed by atoms with Crippen LogP contribution in [-0.2, 0) is 0 Å². The van der Waals surface area contributed by atoms with E-state index < -0.39 is 0 Å². The summed E-state index contributed by atoms with van der Waals surface area (Å²) in [4.78, 5) is 24.9. The van der Waals surface area contributed by atoms with Crippen LogP contribution in [0.1, 0.15) is 5.56 Å². The van der Waals surface area contributed by atoms with Crippen molar-refractivity contribution in [1.29, 1.82) is 0 Å². The molecule has 2 heterocycles. The fourth-order valence-electron chi connectivity index (χ4n) is 2.42. The normalized spacial score (nSPS) is 16.4. The van der Waals surface area contributed by atoms with Crippen molar-refractivity contribution in [1.82, 2.24) is 15.3 Å². The molecule has 0 spiro atoms. The van der Waals surface area contributed by atoms with E-state index in [9.17, 15) is 9.18 Å². The molecule has 2 aromatic carbocycles. The van der Waals surface area contributed by atoms with Crippen LogP contribution in [0.5, 0.6) is 11.8 Å². The SMILES string of the molecule is O=C1NC(=Nc2ccc(F)cc2)C(=Cc2cccc(Oc3ncccn3)c2)S1. The molecule has 0 radical (unpaired) electrons. The van der Waals surface area contributed by atoms with Crippen LogP contribution in [0.15, 0.2) is 76.9 Å². The highest BCUT2D eigenvalue weighted by Gasteiger charge is 2.23. The van der Waals surface area contributed by atoms with E-state index in [0.29, 0.717) is 22.2 Å². The number of rotatable bonds is 4. The van der Waals surface area contributed by atoms with Crippen LogP contribution >= 0.6 is 11.8 Å². The topological polar surface area (TPSA) is 76.5 Å². The van der Waals surface area contributed by atoms with Gasteiger partial charge in [0.25, 0.3) is 5.24 Å². The van der Waals surface area contributed by atoms with E-state index in [0.717, 1.165) is 17.3 Å². The molecule has 4 rings (SSSR count). The number of amidine groups is 1. The summed E-state index contributed by atoms with van der Waals surface area (Å²) < 4.78 is 18.7. The first-order valence-corrected chi connectivity index (χ1v) is 9.07. The number of carbonyl (C=O) groups excluding carboxylic acids is 1. The Morgan fingerprint density at radius 3 is 2.64 bits per heavy atom. The van der Waals surface area contributed by atoms with E-state index in [4.69, 9.17) is 4.74 Å². The Bertz CT molecular complexity index is 1070. The number of amides is 1. The van der Waals surface area contributed by atoms with E-state index in [2.05, 4.69) is 20.3 Å². The number of nitrogens with zero attached hydrogens (tertiary/aromatic N) is 3. The molecule has 1 aliphatic heterocycles. The van der Waals surface area contributed by atoms with Crippen molar-refractivity contribution in [3.63, 3.8) is 0 Å². The van der Waals surface area contributed by atoms with Gasteiger partial charge in [-0.2, -0.15) is 0 Å². The van der Waals surface area contributed by atoms with Crippen LogP contribution in [0.25, 0.3) is 6.08 Å². The number of ether oxygens (including phenoxy) is 1. The number of nitrogens with one attached hydrogen (secondary N) is 1. The molecule has 138 valence electrons. The Morgan fingerprint density at radius 1 is 1.07 bits per heavy atom. The van der Waals surface area contributed by atoms with Crippen LogP contribution < -0.4 is 10.1 Å². The van der Waals surface area contributed by atoms with Crippen LogP contribution in [0, 0.1) is 5.82 Å². The number of benzene rings is 2. The molecule has 8 heteroatoms. The quantitative estimate of drug-likeness (QED) is 0.681. The fraction of sp³-hybridized carbons (Fsp3) is 0. The number of hydrogen-bond donors (Lipinski definition) is 1. The zero-order valence-electron chi connectivity index (χ0n) is 14.4. The summed E-state index contributed by atoms with van der Waals surface area (Å²) in [6.07, 6.45) is 5.02. The second kappa shape index (κ2) is 8.01. The summed E-state index contributed by atoms with van der Waals surface area (Å²) in [6, 6.07) is 15.0. The minimum Gasteiger partial charge on any atom is -0.424 e. The molecule has 0 atom stereocenters. The van der Waals surface area contributed by atoms with Gasteiger partial charge in [-0.3, -0.25) is 4.79 Å². The Morgan fingerprint density at radius 2 is 1.86 bits per heavy atom. The van der Waals surface area contributed by atoms with E-state index in [1.54, 1.807) is 36.7 Å². The molecule has 28 heavy (non-hydrogen) atoms. The third kappa shape index (κ3) is 4.41. The molecule has 3 aromatic rings. The van der Waals surface area contributed by atoms with Gasteiger partial charge in [0.1, 0.15) is 17.4 Å². The number of halogens is 1. The average molecular weight is 392 g/mol. The summed E-state index contributed by atoms with van der Waals surface area (Å²) >= 11 is 1.04. The second-order valence-electron chi connectivity index (χ2n) is 5.67. The highest BCUT2D eigenvalue weighted by molar-refractivity contribution is 8.18. The number of hydrogen-bond acceptors (Lipinski definition) is 6. The number of carbonyl (C=O) groups is 1. The van der Waals surface area contributed by atoms with E-state index in [1.807, 2.05) is 24.3 Å². The Hall–Kier alpha value is -3.52. The molecule has 0 saturated carbocycles. The smallest absolute Gasteiger partial charge is 0.321 e. The van der Waals surface area contributed by atoms with Crippen molar-refractivity contribution in [2.45, 2.75) is 0 Å². The van der Waals surface area contributed by atoms with Crippen molar-refractivity contribution in [3.05, 3.63) is 83.3 Å². The van der Waals surface area contributed by atoms with Crippen LogP contribution in [0.4, 0.5) is 14.9 Å². The highest BCUT2D eigenvalue weighted by atomic mass is 32.2. The highest BCUT2D eigenvalue weighted by Crippen LogP contribution is 2.29. The van der Waals surface area contributed by atoms with Gasteiger partial charge in [-0.1, -0.05) is 12.1 Å². The molecule has 1 aliphatic rings.